The highest BCUT2D eigenvalue weighted by Gasteiger charge is 2.14. The van der Waals surface area contributed by atoms with Crippen LogP contribution >= 0.6 is 0 Å². The highest BCUT2D eigenvalue weighted by molar-refractivity contribution is 5.90. The molecule has 0 aliphatic carbocycles. The Morgan fingerprint density at radius 3 is 2.17 bits per heavy atom. The third-order valence-electron chi connectivity index (χ3n) is 1.43. The van der Waals surface area contributed by atoms with Crippen molar-refractivity contribution >= 4 is 12.1 Å². The van der Waals surface area contributed by atoms with Crippen molar-refractivity contribution in [1.29, 1.82) is 0 Å². The number of hydrogen-bond donors (Lipinski definition) is 1. The number of nitrogens with two attached hydrogens (primary N) is 1. The van der Waals surface area contributed by atoms with Crippen molar-refractivity contribution in [3.8, 4) is 0 Å². The van der Waals surface area contributed by atoms with E-state index >= 15 is 0 Å². The van der Waals surface area contributed by atoms with Gasteiger partial charge in [-0.2, -0.15) is 0 Å². The lowest BCUT2D eigenvalue weighted by atomic mass is 9.88. The molecule has 0 aromatic heterocycles. The number of hydrogen-bond acceptors (Lipinski definition) is 2. The van der Waals surface area contributed by atoms with Gasteiger partial charge in [-0.25, -0.2) is 4.99 Å². The van der Waals surface area contributed by atoms with E-state index in [1.165, 1.54) is 19.3 Å². The summed E-state index contributed by atoms with van der Waals surface area (Å²) in [5, 5.41) is 0. The van der Waals surface area contributed by atoms with Crippen LogP contribution < -0.4 is 5.73 Å². The molecule has 1 amide bonds. The van der Waals surface area contributed by atoms with Gasteiger partial charge < -0.3 is 5.73 Å². The normalized spacial score (nSPS) is 13.8. The van der Waals surface area contributed by atoms with E-state index in [1.54, 1.807) is 0 Å². The summed E-state index contributed by atoms with van der Waals surface area (Å²) >= 11 is 0. The van der Waals surface area contributed by atoms with E-state index < -0.39 is 0 Å². The lowest BCUT2D eigenvalue weighted by molar-refractivity contribution is -0.115. The van der Waals surface area contributed by atoms with Crippen molar-refractivity contribution in [3.63, 3.8) is 0 Å². The molecule has 0 aromatic carbocycles. The van der Waals surface area contributed by atoms with Crippen LogP contribution in [0.25, 0.3) is 0 Å². The molecule has 0 spiro atoms. The smallest absolute Gasteiger partial charge is 0.242 e. The third kappa shape index (κ3) is 3.91. The van der Waals surface area contributed by atoms with E-state index in [4.69, 9.17) is 5.73 Å². The number of allylic oxidation sites excluding steroid dienone is 1. The van der Waals surface area contributed by atoms with Crippen LogP contribution in [0.3, 0.4) is 0 Å². The van der Waals surface area contributed by atoms with Gasteiger partial charge >= 0.3 is 0 Å². The fourth-order valence-corrected chi connectivity index (χ4v) is 0.647. The summed E-state index contributed by atoms with van der Waals surface area (Å²) in [4.78, 5) is 14.2. The Morgan fingerprint density at radius 1 is 1.42 bits per heavy atom. The summed E-state index contributed by atoms with van der Waals surface area (Å²) in [6, 6.07) is 0. The van der Waals surface area contributed by atoms with Gasteiger partial charge in [-0.3, -0.25) is 4.79 Å². The summed E-state index contributed by atoms with van der Waals surface area (Å²) in [7, 11) is 0. The molecule has 0 saturated carbocycles. The average Bonchev–Trinajstić information content (AvgIpc) is 1.85. The van der Waals surface area contributed by atoms with Gasteiger partial charge in [0, 0.05) is 13.1 Å². The summed E-state index contributed by atoms with van der Waals surface area (Å²) in [6.45, 7) is 7.45. The van der Waals surface area contributed by atoms with E-state index in [1.807, 2.05) is 20.8 Å². The lowest BCUT2D eigenvalue weighted by Crippen LogP contribution is -2.12. The second-order valence-corrected chi connectivity index (χ2v) is 3.65. The van der Waals surface area contributed by atoms with Crippen LogP contribution in [0.1, 0.15) is 27.7 Å². The standard InChI is InChI=1S/C9H16N2O/c1-7(12)11-6-8(5-10)9(2,3)4/h5-6H,10H2,1-4H3/b8-5+,11-6-. The Hall–Kier alpha value is -1.12. The Labute approximate surface area is 73.4 Å². The van der Waals surface area contributed by atoms with Gasteiger partial charge in [0.15, 0.2) is 0 Å². The van der Waals surface area contributed by atoms with Crippen molar-refractivity contribution in [2.75, 3.05) is 0 Å². The van der Waals surface area contributed by atoms with Crippen LogP contribution in [0, 0.1) is 5.41 Å². The van der Waals surface area contributed by atoms with Gasteiger partial charge in [0.05, 0.1) is 0 Å². The first kappa shape index (κ1) is 10.9. The van der Waals surface area contributed by atoms with E-state index in [0.29, 0.717) is 0 Å². The second kappa shape index (κ2) is 4.04. The van der Waals surface area contributed by atoms with Crippen LogP contribution in [0.4, 0.5) is 0 Å². The van der Waals surface area contributed by atoms with E-state index in [2.05, 4.69) is 4.99 Å². The topological polar surface area (TPSA) is 55.5 Å². The predicted molar refractivity (Wildman–Crippen MR) is 50.9 cm³/mol. The molecule has 0 aliphatic heterocycles. The van der Waals surface area contributed by atoms with E-state index in [0.717, 1.165) is 5.57 Å². The summed E-state index contributed by atoms with van der Waals surface area (Å²) in [5.41, 5.74) is 6.18. The number of rotatable bonds is 1. The fraction of sp³-hybridized carbons (Fsp3) is 0.556. The van der Waals surface area contributed by atoms with Crippen molar-refractivity contribution in [3.05, 3.63) is 11.8 Å². The first-order valence-corrected chi connectivity index (χ1v) is 3.85. The highest BCUT2D eigenvalue weighted by Crippen LogP contribution is 2.22. The van der Waals surface area contributed by atoms with Gasteiger partial charge in [0.2, 0.25) is 5.91 Å². The molecule has 0 bridgehead atoms. The van der Waals surface area contributed by atoms with E-state index in [-0.39, 0.29) is 11.3 Å². The largest absolute Gasteiger partial charge is 0.404 e. The maximum atomic E-state index is 10.5. The maximum absolute atomic E-state index is 10.5. The minimum absolute atomic E-state index is 0.0618. The van der Waals surface area contributed by atoms with Gasteiger partial charge in [-0.05, 0) is 17.2 Å². The van der Waals surface area contributed by atoms with Crippen LogP contribution in [-0.4, -0.2) is 12.1 Å². The number of aliphatic imine (C=N–C) groups is 1. The average molecular weight is 168 g/mol. The number of carbonyl (C=O) groups is 1. The molecule has 0 aliphatic rings. The zero-order chi connectivity index (χ0) is 9.78. The molecule has 0 unspecified atom stereocenters. The number of nitrogens with zero attached hydrogens (tertiary/aromatic N) is 1. The highest BCUT2D eigenvalue weighted by atomic mass is 16.1. The minimum atomic E-state index is -0.210. The molecule has 0 fully saturated rings. The first-order chi connectivity index (χ1) is 5.38. The molecule has 3 heteroatoms. The quantitative estimate of drug-likeness (QED) is 0.603. The first-order valence-electron chi connectivity index (χ1n) is 3.85. The fourth-order valence-electron chi connectivity index (χ4n) is 0.647. The summed E-state index contributed by atoms with van der Waals surface area (Å²) in [5.74, 6) is -0.210. The molecule has 2 N–H and O–H groups in total. The number of amides is 1. The summed E-state index contributed by atoms with van der Waals surface area (Å²) < 4.78 is 0. The van der Waals surface area contributed by atoms with Crippen molar-refractivity contribution in [2.24, 2.45) is 16.1 Å². The second-order valence-electron chi connectivity index (χ2n) is 3.65. The molecule has 0 rings (SSSR count). The molecule has 0 atom stereocenters. The lowest BCUT2D eigenvalue weighted by Gasteiger charge is -2.18. The van der Waals surface area contributed by atoms with Crippen LogP contribution in [0.5, 0.6) is 0 Å². The van der Waals surface area contributed by atoms with Gasteiger partial charge in [0.25, 0.3) is 0 Å². The molecule has 0 saturated heterocycles. The molecule has 0 heterocycles. The van der Waals surface area contributed by atoms with Crippen molar-refractivity contribution in [2.45, 2.75) is 27.7 Å². The molecule has 0 radical (unpaired) electrons. The number of carbonyl (C=O) groups excluding carboxylic acids is 1. The monoisotopic (exact) mass is 168 g/mol. The SMILES string of the molecule is CC(=O)/N=C\C(=C/N)C(C)(C)C. The minimum Gasteiger partial charge on any atom is -0.404 e. The third-order valence-corrected chi connectivity index (χ3v) is 1.43. The van der Waals surface area contributed by atoms with Crippen molar-refractivity contribution in [1.82, 2.24) is 0 Å². The van der Waals surface area contributed by atoms with Gasteiger partial charge in [-0.1, -0.05) is 20.8 Å². The Kier molecular flexibility index (Phi) is 3.67. The molecular weight excluding hydrogens is 152 g/mol. The molecule has 68 valence electrons. The van der Waals surface area contributed by atoms with Crippen LogP contribution in [-0.2, 0) is 4.79 Å². The summed E-state index contributed by atoms with van der Waals surface area (Å²) in [6.07, 6.45) is 2.99. The molecular formula is C9H16N2O. The predicted octanol–water partition coefficient (Wildman–Crippen LogP) is 1.49. The molecule has 3 nitrogen and oxygen atoms in total. The molecule has 12 heavy (non-hydrogen) atoms. The zero-order valence-electron chi connectivity index (χ0n) is 8.09. The zero-order valence-corrected chi connectivity index (χ0v) is 8.09. The van der Waals surface area contributed by atoms with Gasteiger partial charge in [0.1, 0.15) is 0 Å². The van der Waals surface area contributed by atoms with Crippen LogP contribution in [0.2, 0.25) is 0 Å². The molecule has 0 aromatic rings. The van der Waals surface area contributed by atoms with E-state index in [9.17, 15) is 4.79 Å². The Balaban J connectivity index is 4.53. The maximum Gasteiger partial charge on any atom is 0.242 e. The van der Waals surface area contributed by atoms with Crippen LogP contribution in [0.15, 0.2) is 16.8 Å². The Morgan fingerprint density at radius 2 is 1.92 bits per heavy atom. The van der Waals surface area contributed by atoms with Crippen molar-refractivity contribution < 1.29 is 4.79 Å². The Bertz CT molecular complexity index is 221. The van der Waals surface area contributed by atoms with Gasteiger partial charge in [-0.15, -0.1) is 0 Å².